The Bertz CT molecular complexity index is 658. The fraction of sp³-hybridized carbons (Fsp3) is 0.381. The Morgan fingerprint density at radius 3 is 2.60 bits per heavy atom. The van der Waals surface area contributed by atoms with E-state index in [-0.39, 0.29) is 12.0 Å². The molecule has 2 aromatic rings. The van der Waals surface area contributed by atoms with Crippen LogP contribution in [0.2, 0.25) is 0 Å². The first-order valence-corrected chi connectivity index (χ1v) is 8.88. The molecule has 1 atom stereocenters. The maximum atomic E-state index is 12.1. The Kier molecular flexibility index (Phi) is 7.48. The van der Waals surface area contributed by atoms with Crippen LogP contribution in [0.5, 0.6) is 5.75 Å². The van der Waals surface area contributed by atoms with Crippen LogP contribution in [0.4, 0.5) is 5.69 Å². The van der Waals surface area contributed by atoms with Crippen molar-refractivity contribution in [3.8, 4) is 5.75 Å². The van der Waals surface area contributed by atoms with Crippen molar-refractivity contribution in [3.05, 3.63) is 60.2 Å². The maximum Gasteiger partial charge on any atom is 0.226 e. The molecule has 0 saturated carbocycles. The SMILES string of the molecule is CCCC(=O)N(C)c1cccc(OC(CCNC)c2ccccc2)c1. The van der Waals surface area contributed by atoms with E-state index in [2.05, 4.69) is 17.4 Å². The fourth-order valence-corrected chi connectivity index (χ4v) is 2.69. The van der Waals surface area contributed by atoms with Gasteiger partial charge < -0.3 is 15.0 Å². The summed E-state index contributed by atoms with van der Waals surface area (Å²) >= 11 is 0. The van der Waals surface area contributed by atoms with E-state index in [9.17, 15) is 4.79 Å². The predicted molar refractivity (Wildman–Crippen MR) is 103 cm³/mol. The first-order chi connectivity index (χ1) is 12.2. The number of nitrogens with one attached hydrogen (secondary N) is 1. The lowest BCUT2D eigenvalue weighted by Gasteiger charge is -2.22. The van der Waals surface area contributed by atoms with E-state index in [1.807, 2.05) is 63.5 Å². The summed E-state index contributed by atoms with van der Waals surface area (Å²) < 4.78 is 6.26. The number of rotatable bonds is 9. The van der Waals surface area contributed by atoms with Gasteiger partial charge in [0.15, 0.2) is 0 Å². The molecule has 0 aliphatic carbocycles. The third-order valence-electron chi connectivity index (χ3n) is 4.15. The number of hydrogen-bond acceptors (Lipinski definition) is 3. The molecule has 2 aromatic carbocycles. The Labute approximate surface area is 150 Å². The number of hydrogen-bond donors (Lipinski definition) is 1. The molecule has 0 fully saturated rings. The van der Waals surface area contributed by atoms with Gasteiger partial charge in [0.25, 0.3) is 0 Å². The number of nitrogens with zero attached hydrogens (tertiary/aromatic N) is 1. The number of ether oxygens (including phenoxy) is 1. The molecule has 2 rings (SSSR count). The summed E-state index contributed by atoms with van der Waals surface area (Å²) in [5, 5.41) is 3.18. The van der Waals surface area contributed by atoms with Crippen molar-refractivity contribution < 1.29 is 9.53 Å². The van der Waals surface area contributed by atoms with Gasteiger partial charge in [-0.25, -0.2) is 0 Å². The van der Waals surface area contributed by atoms with E-state index >= 15 is 0 Å². The van der Waals surface area contributed by atoms with Gasteiger partial charge >= 0.3 is 0 Å². The predicted octanol–water partition coefficient (Wildman–Crippen LogP) is 4.18. The number of carbonyl (C=O) groups is 1. The van der Waals surface area contributed by atoms with Crippen LogP contribution in [-0.4, -0.2) is 26.5 Å². The monoisotopic (exact) mass is 340 g/mol. The second-order valence-corrected chi connectivity index (χ2v) is 6.11. The van der Waals surface area contributed by atoms with Crippen molar-refractivity contribution in [1.29, 1.82) is 0 Å². The van der Waals surface area contributed by atoms with Crippen molar-refractivity contribution in [2.24, 2.45) is 0 Å². The topological polar surface area (TPSA) is 41.6 Å². The molecule has 0 bridgehead atoms. The minimum Gasteiger partial charge on any atom is -0.486 e. The molecule has 25 heavy (non-hydrogen) atoms. The van der Waals surface area contributed by atoms with Crippen molar-refractivity contribution in [3.63, 3.8) is 0 Å². The molecule has 0 spiro atoms. The standard InChI is InChI=1S/C21H28N2O2/c1-4-9-21(24)23(3)18-12-8-13-19(16-18)25-20(14-15-22-2)17-10-6-5-7-11-17/h5-8,10-13,16,20,22H,4,9,14-15H2,1-3H3. The summed E-state index contributed by atoms with van der Waals surface area (Å²) in [5.74, 6) is 0.896. The number of amides is 1. The third kappa shape index (κ3) is 5.61. The summed E-state index contributed by atoms with van der Waals surface area (Å²) in [6.45, 7) is 2.88. The minimum absolute atomic E-state index is 0.0273. The molecule has 134 valence electrons. The summed E-state index contributed by atoms with van der Waals surface area (Å²) in [4.78, 5) is 13.8. The average Bonchev–Trinajstić information content (AvgIpc) is 2.65. The van der Waals surface area contributed by atoms with E-state index in [0.717, 1.165) is 36.4 Å². The molecule has 1 amide bonds. The van der Waals surface area contributed by atoms with Crippen LogP contribution in [0, 0.1) is 0 Å². The Morgan fingerprint density at radius 2 is 1.92 bits per heavy atom. The number of benzene rings is 2. The second-order valence-electron chi connectivity index (χ2n) is 6.11. The van der Waals surface area contributed by atoms with E-state index in [0.29, 0.717) is 6.42 Å². The van der Waals surface area contributed by atoms with Crippen molar-refractivity contribution >= 4 is 11.6 Å². The van der Waals surface area contributed by atoms with Crippen LogP contribution < -0.4 is 15.0 Å². The lowest BCUT2D eigenvalue weighted by atomic mass is 10.1. The third-order valence-corrected chi connectivity index (χ3v) is 4.15. The Hall–Kier alpha value is -2.33. The molecule has 1 unspecified atom stereocenters. The van der Waals surface area contributed by atoms with Crippen molar-refractivity contribution in [2.45, 2.75) is 32.3 Å². The lowest BCUT2D eigenvalue weighted by Crippen LogP contribution is -2.25. The van der Waals surface area contributed by atoms with Crippen LogP contribution in [0.25, 0.3) is 0 Å². The first kappa shape index (κ1) is 19.0. The minimum atomic E-state index is -0.0273. The van der Waals surface area contributed by atoms with Gasteiger partial charge in [-0.2, -0.15) is 0 Å². The van der Waals surface area contributed by atoms with Gasteiger partial charge in [-0.05, 0) is 37.7 Å². The largest absolute Gasteiger partial charge is 0.486 e. The summed E-state index contributed by atoms with van der Waals surface area (Å²) in [6.07, 6.45) is 2.24. The van der Waals surface area contributed by atoms with Gasteiger partial charge in [-0.15, -0.1) is 0 Å². The molecule has 0 saturated heterocycles. The maximum absolute atomic E-state index is 12.1. The summed E-state index contributed by atoms with van der Waals surface area (Å²) in [6, 6.07) is 18.0. The molecule has 4 nitrogen and oxygen atoms in total. The molecular formula is C21H28N2O2. The van der Waals surface area contributed by atoms with E-state index in [4.69, 9.17) is 4.74 Å². The zero-order valence-electron chi connectivity index (χ0n) is 15.4. The number of carbonyl (C=O) groups excluding carboxylic acids is 1. The molecule has 0 aliphatic heterocycles. The van der Waals surface area contributed by atoms with Gasteiger partial charge in [-0.1, -0.05) is 43.3 Å². The molecule has 0 aromatic heterocycles. The Balaban J connectivity index is 2.16. The van der Waals surface area contributed by atoms with Crippen LogP contribution in [0.15, 0.2) is 54.6 Å². The van der Waals surface area contributed by atoms with E-state index in [1.54, 1.807) is 4.90 Å². The van der Waals surface area contributed by atoms with Gasteiger partial charge in [0.05, 0.1) is 0 Å². The zero-order valence-corrected chi connectivity index (χ0v) is 15.4. The zero-order chi connectivity index (χ0) is 18.1. The van der Waals surface area contributed by atoms with Crippen LogP contribution in [0.3, 0.4) is 0 Å². The average molecular weight is 340 g/mol. The summed E-state index contributed by atoms with van der Waals surface area (Å²) in [7, 11) is 3.75. The highest BCUT2D eigenvalue weighted by atomic mass is 16.5. The normalized spacial score (nSPS) is 11.8. The van der Waals surface area contributed by atoms with Crippen LogP contribution in [0.1, 0.15) is 37.9 Å². The second kappa shape index (κ2) is 9.84. The molecular weight excluding hydrogens is 312 g/mol. The van der Waals surface area contributed by atoms with Crippen LogP contribution >= 0.6 is 0 Å². The van der Waals surface area contributed by atoms with Crippen LogP contribution in [-0.2, 0) is 4.79 Å². The fourth-order valence-electron chi connectivity index (χ4n) is 2.69. The summed E-state index contributed by atoms with van der Waals surface area (Å²) in [5.41, 5.74) is 2.01. The number of anilines is 1. The highest BCUT2D eigenvalue weighted by Crippen LogP contribution is 2.27. The van der Waals surface area contributed by atoms with Gasteiger partial charge in [0.1, 0.15) is 11.9 Å². The van der Waals surface area contributed by atoms with Gasteiger partial charge in [-0.3, -0.25) is 4.79 Å². The Morgan fingerprint density at radius 1 is 1.16 bits per heavy atom. The van der Waals surface area contributed by atoms with Gasteiger partial charge in [0, 0.05) is 31.6 Å². The highest BCUT2D eigenvalue weighted by molar-refractivity contribution is 5.92. The van der Waals surface area contributed by atoms with Crippen molar-refractivity contribution in [2.75, 3.05) is 25.5 Å². The highest BCUT2D eigenvalue weighted by Gasteiger charge is 2.15. The molecule has 0 radical (unpaired) electrons. The molecule has 1 N–H and O–H groups in total. The van der Waals surface area contributed by atoms with E-state index < -0.39 is 0 Å². The van der Waals surface area contributed by atoms with Gasteiger partial charge in [0.2, 0.25) is 5.91 Å². The quantitative estimate of drug-likeness (QED) is 0.744. The lowest BCUT2D eigenvalue weighted by molar-refractivity contribution is -0.118. The molecule has 0 aliphatic rings. The molecule has 0 heterocycles. The molecule has 4 heteroatoms. The first-order valence-electron chi connectivity index (χ1n) is 8.88. The van der Waals surface area contributed by atoms with E-state index in [1.165, 1.54) is 0 Å². The van der Waals surface area contributed by atoms with Crippen molar-refractivity contribution in [1.82, 2.24) is 5.32 Å². The smallest absolute Gasteiger partial charge is 0.226 e.